The number of hydrogen-bond acceptors (Lipinski definition) is 2. The van der Waals surface area contributed by atoms with E-state index in [1.807, 2.05) is 0 Å². The number of furan rings is 1. The van der Waals surface area contributed by atoms with Crippen LogP contribution in [0.1, 0.15) is 43.9 Å². The van der Waals surface area contributed by atoms with Crippen LogP contribution >= 0.6 is 0 Å². The minimum Gasteiger partial charge on any atom is -0.460 e. The van der Waals surface area contributed by atoms with Crippen molar-refractivity contribution in [3.8, 4) is 11.3 Å². The SMILES string of the molecule is CC(C)c1ccc(-c2ccc(CNC3CC3)o2)cc1. The van der Waals surface area contributed by atoms with Gasteiger partial charge in [-0.25, -0.2) is 0 Å². The van der Waals surface area contributed by atoms with Gasteiger partial charge in [-0.1, -0.05) is 38.1 Å². The van der Waals surface area contributed by atoms with Crippen molar-refractivity contribution in [2.75, 3.05) is 0 Å². The number of benzene rings is 1. The van der Waals surface area contributed by atoms with Crippen LogP contribution in [-0.4, -0.2) is 6.04 Å². The van der Waals surface area contributed by atoms with E-state index in [9.17, 15) is 0 Å². The van der Waals surface area contributed by atoms with Gasteiger partial charge < -0.3 is 9.73 Å². The second-order valence-electron chi connectivity index (χ2n) is 5.70. The van der Waals surface area contributed by atoms with Crippen LogP contribution in [-0.2, 0) is 6.54 Å². The zero-order valence-corrected chi connectivity index (χ0v) is 11.6. The maximum atomic E-state index is 5.89. The van der Waals surface area contributed by atoms with Crippen molar-refractivity contribution in [3.63, 3.8) is 0 Å². The van der Waals surface area contributed by atoms with E-state index in [4.69, 9.17) is 4.42 Å². The third kappa shape index (κ3) is 3.07. The summed E-state index contributed by atoms with van der Waals surface area (Å²) in [5.41, 5.74) is 2.52. The first kappa shape index (κ1) is 12.5. The van der Waals surface area contributed by atoms with Gasteiger partial charge in [-0.15, -0.1) is 0 Å². The van der Waals surface area contributed by atoms with Gasteiger partial charge in [-0.3, -0.25) is 0 Å². The van der Waals surface area contributed by atoms with Crippen molar-refractivity contribution < 1.29 is 4.42 Å². The zero-order valence-electron chi connectivity index (χ0n) is 11.6. The largest absolute Gasteiger partial charge is 0.460 e. The highest BCUT2D eigenvalue weighted by atomic mass is 16.3. The van der Waals surface area contributed by atoms with Crippen LogP contribution in [0.3, 0.4) is 0 Å². The van der Waals surface area contributed by atoms with Gasteiger partial charge in [0, 0.05) is 11.6 Å². The molecule has 0 atom stereocenters. The molecule has 2 heteroatoms. The number of hydrogen-bond donors (Lipinski definition) is 1. The summed E-state index contributed by atoms with van der Waals surface area (Å²) in [5, 5.41) is 3.47. The van der Waals surface area contributed by atoms with E-state index in [-0.39, 0.29) is 0 Å². The van der Waals surface area contributed by atoms with E-state index in [1.165, 1.54) is 18.4 Å². The summed E-state index contributed by atoms with van der Waals surface area (Å²) >= 11 is 0. The van der Waals surface area contributed by atoms with E-state index in [0.29, 0.717) is 5.92 Å². The van der Waals surface area contributed by atoms with Gasteiger partial charge in [0.15, 0.2) is 0 Å². The summed E-state index contributed by atoms with van der Waals surface area (Å²) in [7, 11) is 0. The Bertz CT molecular complexity index is 535. The van der Waals surface area contributed by atoms with Crippen LogP contribution in [0.15, 0.2) is 40.8 Å². The van der Waals surface area contributed by atoms with E-state index in [0.717, 1.165) is 29.7 Å². The molecule has 0 aliphatic heterocycles. The molecule has 1 fully saturated rings. The first-order valence-corrected chi connectivity index (χ1v) is 7.15. The molecule has 1 saturated carbocycles. The van der Waals surface area contributed by atoms with Crippen molar-refractivity contribution in [3.05, 3.63) is 47.7 Å². The highest BCUT2D eigenvalue weighted by Gasteiger charge is 2.20. The van der Waals surface area contributed by atoms with E-state index >= 15 is 0 Å². The molecule has 1 aromatic carbocycles. The topological polar surface area (TPSA) is 25.2 Å². The molecule has 2 nitrogen and oxygen atoms in total. The van der Waals surface area contributed by atoms with Crippen LogP contribution in [0.2, 0.25) is 0 Å². The molecule has 1 heterocycles. The summed E-state index contributed by atoms with van der Waals surface area (Å²) < 4.78 is 5.89. The van der Waals surface area contributed by atoms with Gasteiger partial charge in [-0.05, 0) is 36.5 Å². The molecule has 1 aromatic heterocycles. The lowest BCUT2D eigenvalue weighted by molar-refractivity contribution is 0.492. The van der Waals surface area contributed by atoms with Crippen molar-refractivity contribution in [1.29, 1.82) is 0 Å². The van der Waals surface area contributed by atoms with Crippen LogP contribution < -0.4 is 5.32 Å². The molecule has 3 rings (SSSR count). The van der Waals surface area contributed by atoms with Crippen LogP contribution in [0.25, 0.3) is 11.3 Å². The van der Waals surface area contributed by atoms with Gasteiger partial charge in [0.2, 0.25) is 0 Å². The summed E-state index contributed by atoms with van der Waals surface area (Å²) in [6, 6.07) is 13.5. The quantitative estimate of drug-likeness (QED) is 0.860. The van der Waals surface area contributed by atoms with E-state index in [1.54, 1.807) is 0 Å². The highest BCUT2D eigenvalue weighted by Crippen LogP contribution is 2.25. The Labute approximate surface area is 114 Å². The summed E-state index contributed by atoms with van der Waals surface area (Å²) in [4.78, 5) is 0. The molecule has 0 saturated heterocycles. The Morgan fingerprint density at radius 1 is 1.11 bits per heavy atom. The summed E-state index contributed by atoms with van der Waals surface area (Å²) in [6.45, 7) is 5.27. The number of rotatable bonds is 5. The molecule has 0 bridgehead atoms. The number of nitrogens with one attached hydrogen (secondary N) is 1. The van der Waals surface area contributed by atoms with Crippen molar-refractivity contribution in [1.82, 2.24) is 5.32 Å². The summed E-state index contributed by atoms with van der Waals surface area (Å²) in [5.74, 6) is 2.56. The molecule has 2 aromatic rings. The minimum atomic E-state index is 0.573. The van der Waals surface area contributed by atoms with Gasteiger partial charge >= 0.3 is 0 Å². The van der Waals surface area contributed by atoms with Gasteiger partial charge in [0.25, 0.3) is 0 Å². The lowest BCUT2D eigenvalue weighted by atomic mass is 10.0. The van der Waals surface area contributed by atoms with E-state index < -0.39 is 0 Å². The second kappa shape index (κ2) is 5.22. The van der Waals surface area contributed by atoms with Gasteiger partial charge in [-0.2, -0.15) is 0 Å². The molecular formula is C17H21NO. The van der Waals surface area contributed by atoms with Gasteiger partial charge in [0.05, 0.1) is 6.54 Å². The Balaban J connectivity index is 1.70. The molecule has 1 aliphatic rings. The normalized spacial score (nSPS) is 15.1. The Morgan fingerprint density at radius 2 is 1.84 bits per heavy atom. The molecule has 0 spiro atoms. The van der Waals surface area contributed by atoms with Crippen molar-refractivity contribution in [2.45, 2.75) is 45.2 Å². The molecule has 0 radical (unpaired) electrons. The standard InChI is InChI=1S/C17H21NO/c1-12(2)13-3-5-14(6-4-13)17-10-9-16(19-17)11-18-15-7-8-15/h3-6,9-10,12,15,18H,7-8,11H2,1-2H3. The maximum Gasteiger partial charge on any atom is 0.134 e. The fourth-order valence-electron chi connectivity index (χ4n) is 2.19. The Kier molecular flexibility index (Phi) is 3.43. The summed E-state index contributed by atoms with van der Waals surface area (Å²) in [6.07, 6.45) is 2.62. The Morgan fingerprint density at radius 3 is 2.47 bits per heavy atom. The molecule has 0 unspecified atom stereocenters. The van der Waals surface area contributed by atoms with Crippen LogP contribution in [0.4, 0.5) is 0 Å². The fraction of sp³-hybridized carbons (Fsp3) is 0.412. The third-order valence-corrected chi connectivity index (χ3v) is 3.67. The molecule has 100 valence electrons. The molecule has 1 N–H and O–H groups in total. The molecule has 1 aliphatic carbocycles. The predicted molar refractivity (Wildman–Crippen MR) is 78.1 cm³/mol. The Hall–Kier alpha value is -1.54. The van der Waals surface area contributed by atoms with Crippen molar-refractivity contribution in [2.24, 2.45) is 0 Å². The predicted octanol–water partition coefficient (Wildman–Crippen LogP) is 4.32. The third-order valence-electron chi connectivity index (χ3n) is 3.67. The fourth-order valence-corrected chi connectivity index (χ4v) is 2.19. The molecule has 0 amide bonds. The maximum absolute atomic E-state index is 5.89. The molecule has 19 heavy (non-hydrogen) atoms. The second-order valence-corrected chi connectivity index (χ2v) is 5.70. The first-order valence-electron chi connectivity index (χ1n) is 7.15. The highest BCUT2D eigenvalue weighted by molar-refractivity contribution is 5.58. The lowest BCUT2D eigenvalue weighted by Crippen LogP contribution is -2.14. The monoisotopic (exact) mass is 255 g/mol. The first-order chi connectivity index (χ1) is 9.22. The zero-order chi connectivity index (χ0) is 13.2. The van der Waals surface area contributed by atoms with Crippen molar-refractivity contribution >= 4 is 0 Å². The van der Waals surface area contributed by atoms with E-state index in [2.05, 4.69) is 55.6 Å². The van der Waals surface area contributed by atoms with Gasteiger partial charge in [0.1, 0.15) is 11.5 Å². The van der Waals surface area contributed by atoms with Crippen LogP contribution in [0, 0.1) is 0 Å². The minimum absolute atomic E-state index is 0.573. The van der Waals surface area contributed by atoms with Crippen LogP contribution in [0.5, 0.6) is 0 Å². The molecular weight excluding hydrogens is 234 g/mol. The lowest BCUT2D eigenvalue weighted by Gasteiger charge is -2.05. The average molecular weight is 255 g/mol. The average Bonchev–Trinajstić information content (AvgIpc) is 3.13. The smallest absolute Gasteiger partial charge is 0.134 e.